The molecular formula is C16H25NO. The zero-order valence-electron chi connectivity index (χ0n) is 11.5. The Kier molecular flexibility index (Phi) is 4.65. The van der Waals surface area contributed by atoms with Gasteiger partial charge in [-0.05, 0) is 36.5 Å². The van der Waals surface area contributed by atoms with Crippen LogP contribution in [0.25, 0.3) is 0 Å². The highest BCUT2D eigenvalue weighted by atomic mass is 16.3. The van der Waals surface area contributed by atoms with Gasteiger partial charge in [0.2, 0.25) is 0 Å². The van der Waals surface area contributed by atoms with E-state index in [1.807, 2.05) is 0 Å². The third kappa shape index (κ3) is 3.49. The van der Waals surface area contributed by atoms with Gasteiger partial charge in [0, 0.05) is 5.69 Å². The lowest BCUT2D eigenvalue weighted by Gasteiger charge is -2.23. The molecule has 0 bridgehead atoms. The number of hydrogen-bond donors (Lipinski definition) is 2. The summed E-state index contributed by atoms with van der Waals surface area (Å²) < 4.78 is 0. The Bertz CT molecular complexity index is 375. The standard InChI is InChI=1S/C16H25NO/c1-12(2)13-7-6-8-14(11-13)17-15-9-4-3-5-10-16(15)18/h6-8,11-12,15-18H,3-5,9-10H2,1-2H3. The van der Waals surface area contributed by atoms with Crippen LogP contribution in [-0.2, 0) is 0 Å². The molecule has 1 aromatic rings. The van der Waals surface area contributed by atoms with E-state index in [1.54, 1.807) is 0 Å². The molecule has 2 N–H and O–H groups in total. The molecule has 18 heavy (non-hydrogen) atoms. The molecule has 0 aliphatic heterocycles. The number of hydrogen-bond acceptors (Lipinski definition) is 2. The van der Waals surface area contributed by atoms with Crippen molar-refractivity contribution in [1.82, 2.24) is 0 Å². The van der Waals surface area contributed by atoms with Gasteiger partial charge in [-0.2, -0.15) is 0 Å². The van der Waals surface area contributed by atoms with E-state index in [-0.39, 0.29) is 12.1 Å². The van der Waals surface area contributed by atoms with Crippen LogP contribution in [0, 0.1) is 0 Å². The summed E-state index contributed by atoms with van der Waals surface area (Å²) in [4.78, 5) is 0. The van der Waals surface area contributed by atoms with Crippen molar-refractivity contribution in [2.45, 2.75) is 64.0 Å². The van der Waals surface area contributed by atoms with Gasteiger partial charge in [-0.25, -0.2) is 0 Å². The first kappa shape index (κ1) is 13.4. The zero-order chi connectivity index (χ0) is 13.0. The van der Waals surface area contributed by atoms with Gasteiger partial charge >= 0.3 is 0 Å². The van der Waals surface area contributed by atoms with E-state index in [9.17, 15) is 5.11 Å². The minimum absolute atomic E-state index is 0.199. The third-order valence-electron chi connectivity index (χ3n) is 3.88. The van der Waals surface area contributed by atoms with E-state index in [4.69, 9.17) is 0 Å². The first-order valence-corrected chi connectivity index (χ1v) is 7.21. The van der Waals surface area contributed by atoms with Gasteiger partial charge in [-0.1, -0.05) is 45.2 Å². The highest BCUT2D eigenvalue weighted by Gasteiger charge is 2.21. The molecule has 100 valence electrons. The van der Waals surface area contributed by atoms with Crippen LogP contribution in [0.5, 0.6) is 0 Å². The number of nitrogens with one attached hydrogen (secondary N) is 1. The maximum atomic E-state index is 10.1. The van der Waals surface area contributed by atoms with Gasteiger partial charge in [-0.15, -0.1) is 0 Å². The van der Waals surface area contributed by atoms with Crippen LogP contribution < -0.4 is 5.32 Å². The van der Waals surface area contributed by atoms with Crippen LogP contribution in [-0.4, -0.2) is 17.3 Å². The molecule has 0 saturated heterocycles. The second kappa shape index (κ2) is 6.24. The Labute approximate surface area is 110 Å². The van der Waals surface area contributed by atoms with Gasteiger partial charge in [0.1, 0.15) is 0 Å². The summed E-state index contributed by atoms with van der Waals surface area (Å²) in [6.45, 7) is 4.42. The van der Waals surface area contributed by atoms with Gasteiger partial charge in [-0.3, -0.25) is 0 Å². The fraction of sp³-hybridized carbons (Fsp3) is 0.625. The van der Waals surface area contributed by atoms with Crippen LogP contribution in [0.15, 0.2) is 24.3 Å². The van der Waals surface area contributed by atoms with E-state index >= 15 is 0 Å². The van der Waals surface area contributed by atoms with Gasteiger partial charge in [0.15, 0.2) is 0 Å². The van der Waals surface area contributed by atoms with E-state index in [0.29, 0.717) is 5.92 Å². The molecule has 0 aromatic heterocycles. The summed E-state index contributed by atoms with van der Waals surface area (Å²) in [6.07, 6.45) is 5.44. The van der Waals surface area contributed by atoms with Crippen molar-refractivity contribution in [2.24, 2.45) is 0 Å². The Morgan fingerprint density at radius 2 is 1.94 bits per heavy atom. The molecule has 2 atom stereocenters. The summed E-state index contributed by atoms with van der Waals surface area (Å²) in [5.74, 6) is 0.547. The Morgan fingerprint density at radius 3 is 2.72 bits per heavy atom. The zero-order valence-corrected chi connectivity index (χ0v) is 11.5. The molecule has 0 amide bonds. The second-order valence-electron chi connectivity index (χ2n) is 5.74. The van der Waals surface area contributed by atoms with Crippen LogP contribution in [0.2, 0.25) is 0 Å². The number of aliphatic hydroxyl groups is 1. The van der Waals surface area contributed by atoms with Crippen molar-refractivity contribution in [3.8, 4) is 0 Å². The Hall–Kier alpha value is -1.02. The molecule has 1 saturated carbocycles. The first-order valence-electron chi connectivity index (χ1n) is 7.21. The van der Waals surface area contributed by atoms with Gasteiger partial charge < -0.3 is 10.4 Å². The molecule has 2 heteroatoms. The predicted molar refractivity (Wildman–Crippen MR) is 77.0 cm³/mol. The number of anilines is 1. The molecule has 1 aliphatic carbocycles. The first-order chi connectivity index (χ1) is 8.66. The van der Waals surface area contributed by atoms with Crippen molar-refractivity contribution in [3.63, 3.8) is 0 Å². The summed E-state index contributed by atoms with van der Waals surface area (Å²) >= 11 is 0. The molecule has 1 aliphatic rings. The fourth-order valence-electron chi connectivity index (χ4n) is 2.66. The van der Waals surface area contributed by atoms with Gasteiger partial charge in [0.05, 0.1) is 12.1 Å². The maximum absolute atomic E-state index is 10.1. The van der Waals surface area contributed by atoms with Crippen molar-refractivity contribution >= 4 is 5.69 Å². The summed E-state index contributed by atoms with van der Waals surface area (Å²) in [6, 6.07) is 8.79. The Morgan fingerprint density at radius 1 is 1.17 bits per heavy atom. The Balaban J connectivity index is 2.05. The van der Waals surface area contributed by atoms with E-state index in [0.717, 1.165) is 24.9 Å². The second-order valence-corrected chi connectivity index (χ2v) is 5.74. The van der Waals surface area contributed by atoms with Crippen LogP contribution in [0.4, 0.5) is 5.69 Å². The van der Waals surface area contributed by atoms with Crippen molar-refractivity contribution < 1.29 is 5.11 Å². The molecule has 1 aromatic carbocycles. The molecule has 2 nitrogen and oxygen atoms in total. The SMILES string of the molecule is CC(C)c1cccc(NC2CCCCCC2O)c1. The molecule has 2 rings (SSSR count). The predicted octanol–water partition coefficient (Wildman–Crippen LogP) is 3.92. The molecule has 1 fully saturated rings. The smallest absolute Gasteiger partial charge is 0.0741 e. The van der Waals surface area contributed by atoms with E-state index in [1.165, 1.54) is 18.4 Å². The van der Waals surface area contributed by atoms with Crippen LogP contribution in [0.1, 0.15) is 57.4 Å². The number of benzene rings is 1. The fourth-order valence-corrected chi connectivity index (χ4v) is 2.66. The van der Waals surface area contributed by atoms with Crippen molar-refractivity contribution in [3.05, 3.63) is 29.8 Å². The molecule has 0 spiro atoms. The van der Waals surface area contributed by atoms with Crippen molar-refractivity contribution in [1.29, 1.82) is 0 Å². The van der Waals surface area contributed by atoms with E-state index < -0.39 is 0 Å². The van der Waals surface area contributed by atoms with Gasteiger partial charge in [0.25, 0.3) is 0 Å². The lowest BCUT2D eigenvalue weighted by atomic mass is 10.0. The van der Waals surface area contributed by atoms with E-state index in [2.05, 4.69) is 43.4 Å². The minimum Gasteiger partial charge on any atom is -0.391 e. The lowest BCUT2D eigenvalue weighted by Crippen LogP contribution is -2.32. The highest BCUT2D eigenvalue weighted by Crippen LogP contribution is 2.24. The number of rotatable bonds is 3. The quantitative estimate of drug-likeness (QED) is 0.794. The summed E-state index contributed by atoms with van der Waals surface area (Å²) in [5, 5.41) is 13.6. The molecule has 0 heterocycles. The number of aliphatic hydroxyl groups excluding tert-OH is 1. The highest BCUT2D eigenvalue weighted by molar-refractivity contribution is 5.47. The van der Waals surface area contributed by atoms with Crippen molar-refractivity contribution in [2.75, 3.05) is 5.32 Å². The normalized spacial score (nSPS) is 24.9. The topological polar surface area (TPSA) is 32.3 Å². The average Bonchev–Trinajstić information content (AvgIpc) is 2.55. The van der Waals surface area contributed by atoms with Crippen LogP contribution >= 0.6 is 0 Å². The monoisotopic (exact) mass is 247 g/mol. The molecular weight excluding hydrogens is 222 g/mol. The third-order valence-corrected chi connectivity index (χ3v) is 3.88. The minimum atomic E-state index is -0.199. The summed E-state index contributed by atoms with van der Waals surface area (Å²) in [7, 11) is 0. The lowest BCUT2D eigenvalue weighted by molar-refractivity contribution is 0.144. The van der Waals surface area contributed by atoms with Crippen LogP contribution in [0.3, 0.4) is 0 Å². The average molecular weight is 247 g/mol. The largest absolute Gasteiger partial charge is 0.391 e. The molecule has 2 unspecified atom stereocenters. The molecule has 0 radical (unpaired) electrons. The maximum Gasteiger partial charge on any atom is 0.0741 e. The summed E-state index contributed by atoms with van der Waals surface area (Å²) in [5.41, 5.74) is 2.50.